The van der Waals surface area contributed by atoms with E-state index < -0.39 is 0 Å². The normalized spacial score (nSPS) is 26.0. The lowest BCUT2D eigenvalue weighted by Gasteiger charge is -2.35. The van der Waals surface area contributed by atoms with Crippen molar-refractivity contribution in [1.29, 1.82) is 0 Å². The van der Waals surface area contributed by atoms with Crippen LogP contribution in [0.25, 0.3) is 0 Å². The maximum Gasteiger partial charge on any atom is 0.124 e. The fourth-order valence-corrected chi connectivity index (χ4v) is 4.03. The van der Waals surface area contributed by atoms with E-state index in [4.69, 9.17) is 0 Å². The van der Waals surface area contributed by atoms with E-state index in [-0.39, 0.29) is 5.82 Å². The highest BCUT2D eigenvalue weighted by Gasteiger charge is 2.28. The van der Waals surface area contributed by atoms with Crippen LogP contribution in [0.3, 0.4) is 0 Å². The molecule has 1 aromatic carbocycles. The van der Waals surface area contributed by atoms with E-state index in [0.717, 1.165) is 35.8 Å². The number of hydrogen-bond acceptors (Lipinski definition) is 1. The van der Waals surface area contributed by atoms with Crippen LogP contribution in [0.2, 0.25) is 0 Å². The van der Waals surface area contributed by atoms with Crippen LogP contribution in [0.5, 0.6) is 0 Å². The standard InChI is InChI=1S/C18H27BrFN/c1-3-8-21-12-15-5-4-13(2)9-16(15)10-14-6-7-17(20)11-18(14)19/h6-7,11,13,15-16,21H,3-5,8-10,12H2,1-2H3. The van der Waals surface area contributed by atoms with Gasteiger partial charge in [0.25, 0.3) is 0 Å². The van der Waals surface area contributed by atoms with E-state index in [1.807, 2.05) is 6.07 Å². The molecule has 0 bridgehead atoms. The van der Waals surface area contributed by atoms with Crippen molar-refractivity contribution in [2.75, 3.05) is 13.1 Å². The van der Waals surface area contributed by atoms with Crippen molar-refractivity contribution in [3.05, 3.63) is 34.1 Å². The summed E-state index contributed by atoms with van der Waals surface area (Å²) in [5.41, 5.74) is 1.25. The maximum atomic E-state index is 13.2. The minimum absolute atomic E-state index is 0.163. The first-order valence-electron chi connectivity index (χ1n) is 8.24. The Morgan fingerprint density at radius 3 is 2.81 bits per heavy atom. The summed E-state index contributed by atoms with van der Waals surface area (Å²) in [6, 6.07) is 5.11. The SMILES string of the molecule is CCCNCC1CCC(C)CC1Cc1ccc(F)cc1Br. The summed E-state index contributed by atoms with van der Waals surface area (Å²) in [5, 5.41) is 3.59. The Hall–Kier alpha value is -0.410. The van der Waals surface area contributed by atoms with E-state index in [1.54, 1.807) is 12.1 Å². The molecule has 1 aromatic rings. The lowest BCUT2D eigenvalue weighted by molar-refractivity contribution is 0.183. The van der Waals surface area contributed by atoms with E-state index in [2.05, 4.69) is 35.1 Å². The van der Waals surface area contributed by atoms with E-state index in [9.17, 15) is 4.39 Å². The molecule has 1 saturated carbocycles. The fraction of sp³-hybridized carbons (Fsp3) is 0.667. The van der Waals surface area contributed by atoms with Crippen molar-refractivity contribution in [2.45, 2.75) is 46.0 Å². The van der Waals surface area contributed by atoms with Crippen LogP contribution >= 0.6 is 15.9 Å². The molecule has 1 fully saturated rings. The Morgan fingerprint density at radius 1 is 1.29 bits per heavy atom. The first-order valence-corrected chi connectivity index (χ1v) is 9.04. The van der Waals surface area contributed by atoms with Gasteiger partial charge in [0.1, 0.15) is 5.82 Å². The molecule has 118 valence electrons. The monoisotopic (exact) mass is 355 g/mol. The molecule has 0 saturated heterocycles. The van der Waals surface area contributed by atoms with Gasteiger partial charge in [-0.1, -0.05) is 42.3 Å². The Morgan fingerprint density at radius 2 is 2.10 bits per heavy atom. The zero-order chi connectivity index (χ0) is 15.2. The predicted octanol–water partition coefficient (Wildman–Crippen LogP) is 5.18. The van der Waals surface area contributed by atoms with Crippen molar-refractivity contribution in [3.8, 4) is 0 Å². The van der Waals surface area contributed by atoms with Gasteiger partial charge in [-0.15, -0.1) is 0 Å². The molecule has 21 heavy (non-hydrogen) atoms. The smallest absolute Gasteiger partial charge is 0.124 e. The Balaban J connectivity index is 2.01. The largest absolute Gasteiger partial charge is 0.316 e. The molecule has 2 rings (SSSR count). The highest BCUT2D eigenvalue weighted by molar-refractivity contribution is 9.10. The molecular formula is C18H27BrFN. The first-order chi connectivity index (χ1) is 10.1. The summed E-state index contributed by atoms with van der Waals surface area (Å²) in [6.07, 6.45) is 6.21. The van der Waals surface area contributed by atoms with Gasteiger partial charge >= 0.3 is 0 Å². The Kier molecular flexibility index (Phi) is 6.69. The minimum Gasteiger partial charge on any atom is -0.316 e. The van der Waals surface area contributed by atoms with Gasteiger partial charge in [-0.25, -0.2) is 4.39 Å². The van der Waals surface area contributed by atoms with E-state index in [0.29, 0.717) is 5.92 Å². The zero-order valence-corrected chi connectivity index (χ0v) is 14.8. The van der Waals surface area contributed by atoms with Crippen LogP contribution in [-0.2, 0) is 6.42 Å². The molecule has 1 nitrogen and oxygen atoms in total. The maximum absolute atomic E-state index is 13.2. The molecule has 0 aliphatic heterocycles. The van der Waals surface area contributed by atoms with Gasteiger partial charge in [0.05, 0.1) is 0 Å². The molecule has 3 unspecified atom stereocenters. The van der Waals surface area contributed by atoms with E-state index >= 15 is 0 Å². The lowest BCUT2D eigenvalue weighted by Crippen LogP contribution is -2.34. The summed E-state index contributed by atoms with van der Waals surface area (Å²) < 4.78 is 14.1. The number of halogens is 2. The number of nitrogens with one attached hydrogen (secondary N) is 1. The van der Waals surface area contributed by atoms with Gasteiger partial charge in [0, 0.05) is 4.47 Å². The molecule has 0 heterocycles. The quantitative estimate of drug-likeness (QED) is 0.693. The highest BCUT2D eigenvalue weighted by atomic mass is 79.9. The molecule has 1 N–H and O–H groups in total. The topological polar surface area (TPSA) is 12.0 Å². The van der Waals surface area contributed by atoms with Gasteiger partial charge in [0.15, 0.2) is 0 Å². The summed E-state index contributed by atoms with van der Waals surface area (Å²) in [4.78, 5) is 0. The second-order valence-electron chi connectivity index (χ2n) is 6.58. The minimum atomic E-state index is -0.163. The highest BCUT2D eigenvalue weighted by Crippen LogP contribution is 2.36. The van der Waals surface area contributed by atoms with Crippen molar-refractivity contribution < 1.29 is 4.39 Å². The molecule has 0 aromatic heterocycles. The van der Waals surface area contributed by atoms with Crippen LogP contribution in [0.1, 0.15) is 45.1 Å². The second kappa shape index (κ2) is 8.28. The van der Waals surface area contributed by atoms with Crippen molar-refractivity contribution in [2.24, 2.45) is 17.8 Å². The van der Waals surface area contributed by atoms with Gasteiger partial charge in [-0.05, 0) is 74.2 Å². The van der Waals surface area contributed by atoms with Crippen LogP contribution in [-0.4, -0.2) is 13.1 Å². The van der Waals surface area contributed by atoms with Crippen molar-refractivity contribution in [1.82, 2.24) is 5.32 Å². The molecule has 0 spiro atoms. The van der Waals surface area contributed by atoms with Gasteiger partial charge < -0.3 is 5.32 Å². The summed E-state index contributed by atoms with van der Waals surface area (Å²) in [6.45, 7) is 6.81. The lowest BCUT2D eigenvalue weighted by atomic mass is 9.72. The number of benzene rings is 1. The van der Waals surface area contributed by atoms with E-state index in [1.165, 1.54) is 31.2 Å². The molecule has 0 radical (unpaired) electrons. The number of rotatable bonds is 6. The van der Waals surface area contributed by atoms with Crippen LogP contribution in [0.4, 0.5) is 4.39 Å². The summed E-state index contributed by atoms with van der Waals surface area (Å²) >= 11 is 3.52. The zero-order valence-electron chi connectivity index (χ0n) is 13.2. The molecule has 0 amide bonds. The van der Waals surface area contributed by atoms with Crippen LogP contribution in [0.15, 0.2) is 22.7 Å². The summed E-state index contributed by atoms with van der Waals surface area (Å²) in [5.74, 6) is 2.12. The third kappa shape index (κ3) is 5.07. The van der Waals surface area contributed by atoms with Crippen LogP contribution < -0.4 is 5.32 Å². The second-order valence-corrected chi connectivity index (χ2v) is 7.44. The van der Waals surface area contributed by atoms with Gasteiger partial charge in [0.2, 0.25) is 0 Å². The van der Waals surface area contributed by atoms with Gasteiger partial charge in [-0.3, -0.25) is 0 Å². The summed E-state index contributed by atoms with van der Waals surface area (Å²) in [7, 11) is 0. The fourth-order valence-electron chi connectivity index (χ4n) is 3.51. The third-order valence-corrected chi connectivity index (χ3v) is 5.47. The molecule has 1 aliphatic rings. The first kappa shape index (κ1) is 17.0. The number of hydrogen-bond donors (Lipinski definition) is 1. The van der Waals surface area contributed by atoms with Crippen molar-refractivity contribution >= 4 is 15.9 Å². The molecule has 1 aliphatic carbocycles. The van der Waals surface area contributed by atoms with Gasteiger partial charge in [-0.2, -0.15) is 0 Å². The molecule has 3 atom stereocenters. The predicted molar refractivity (Wildman–Crippen MR) is 91.0 cm³/mol. The molecular weight excluding hydrogens is 329 g/mol. The Labute approximate surface area is 136 Å². The van der Waals surface area contributed by atoms with Crippen LogP contribution in [0, 0.1) is 23.6 Å². The average molecular weight is 356 g/mol. The average Bonchev–Trinajstić information content (AvgIpc) is 2.44. The third-order valence-electron chi connectivity index (χ3n) is 4.73. The Bertz CT molecular complexity index is 449. The van der Waals surface area contributed by atoms with Crippen molar-refractivity contribution in [3.63, 3.8) is 0 Å². The molecule has 3 heteroatoms.